The van der Waals surface area contributed by atoms with Crippen LogP contribution in [0.3, 0.4) is 0 Å². The lowest BCUT2D eigenvalue weighted by molar-refractivity contribution is -0.130. The first kappa shape index (κ1) is 12.9. The van der Waals surface area contributed by atoms with Gasteiger partial charge in [-0.25, -0.2) is 0 Å². The zero-order chi connectivity index (χ0) is 11.0. The summed E-state index contributed by atoms with van der Waals surface area (Å²) >= 11 is 0. The Morgan fingerprint density at radius 2 is 1.86 bits per heavy atom. The molecule has 0 aliphatic carbocycles. The number of nitrogens with zero attached hydrogens (tertiary/aromatic N) is 1. The van der Waals surface area contributed by atoms with Gasteiger partial charge in [0.2, 0.25) is 11.8 Å². The third-order valence-electron chi connectivity index (χ3n) is 1.93. The van der Waals surface area contributed by atoms with Crippen LogP contribution in [-0.2, 0) is 9.59 Å². The fourth-order valence-corrected chi connectivity index (χ4v) is 1.14. The van der Waals surface area contributed by atoms with Crippen molar-refractivity contribution in [1.82, 2.24) is 10.2 Å². The fourth-order valence-electron chi connectivity index (χ4n) is 1.14. The maximum Gasteiger partial charge on any atom is 0.231 e. The minimum Gasteiger partial charge on any atom is -0.369 e. The summed E-state index contributed by atoms with van der Waals surface area (Å²) in [4.78, 5) is 23.5. The number of hydrogen-bond acceptors (Lipinski definition) is 3. The molecule has 0 aromatic carbocycles. The smallest absolute Gasteiger partial charge is 0.231 e. The Morgan fingerprint density at radius 1 is 1.29 bits per heavy atom. The zero-order valence-corrected chi connectivity index (χ0v) is 8.88. The number of amides is 2. The van der Waals surface area contributed by atoms with Gasteiger partial charge >= 0.3 is 0 Å². The SMILES string of the molecule is CCN(CC)C(=O)CCNCC(N)=O. The molecule has 0 aliphatic heterocycles. The molecule has 0 aromatic heterocycles. The second kappa shape index (κ2) is 7.32. The lowest BCUT2D eigenvalue weighted by atomic mass is 10.3. The first-order valence-electron chi connectivity index (χ1n) is 4.88. The summed E-state index contributed by atoms with van der Waals surface area (Å²) in [5.41, 5.74) is 4.92. The molecule has 5 heteroatoms. The summed E-state index contributed by atoms with van der Waals surface area (Å²) < 4.78 is 0. The molecule has 0 spiro atoms. The molecule has 2 amide bonds. The first-order valence-corrected chi connectivity index (χ1v) is 4.88. The van der Waals surface area contributed by atoms with E-state index in [9.17, 15) is 9.59 Å². The van der Waals surface area contributed by atoms with Gasteiger partial charge in [-0.3, -0.25) is 9.59 Å². The lowest BCUT2D eigenvalue weighted by Gasteiger charge is -2.18. The van der Waals surface area contributed by atoms with E-state index in [1.165, 1.54) is 0 Å². The standard InChI is InChI=1S/C9H19N3O2/c1-3-12(4-2)9(14)5-6-11-7-8(10)13/h11H,3-7H2,1-2H3,(H2,10,13). The van der Waals surface area contributed by atoms with E-state index >= 15 is 0 Å². The molecule has 0 aromatic rings. The predicted octanol–water partition coefficient (Wildman–Crippen LogP) is -0.680. The van der Waals surface area contributed by atoms with Crippen LogP contribution in [-0.4, -0.2) is 42.9 Å². The van der Waals surface area contributed by atoms with E-state index in [-0.39, 0.29) is 12.5 Å². The second-order valence-electron chi connectivity index (χ2n) is 2.96. The summed E-state index contributed by atoms with van der Waals surface area (Å²) in [6, 6.07) is 0. The highest BCUT2D eigenvalue weighted by Gasteiger charge is 2.08. The molecule has 0 aliphatic rings. The van der Waals surface area contributed by atoms with Crippen molar-refractivity contribution in [3.8, 4) is 0 Å². The second-order valence-corrected chi connectivity index (χ2v) is 2.96. The van der Waals surface area contributed by atoms with E-state index in [2.05, 4.69) is 5.32 Å². The highest BCUT2D eigenvalue weighted by Crippen LogP contribution is 1.92. The summed E-state index contributed by atoms with van der Waals surface area (Å²) in [5.74, 6) is -0.299. The maximum absolute atomic E-state index is 11.4. The van der Waals surface area contributed by atoms with Gasteiger partial charge in [0.15, 0.2) is 0 Å². The number of nitrogens with one attached hydrogen (secondary N) is 1. The van der Waals surface area contributed by atoms with Crippen molar-refractivity contribution < 1.29 is 9.59 Å². The Kier molecular flexibility index (Phi) is 6.74. The van der Waals surface area contributed by atoms with E-state index in [0.29, 0.717) is 13.0 Å². The Morgan fingerprint density at radius 3 is 2.29 bits per heavy atom. The number of rotatable bonds is 7. The average molecular weight is 201 g/mol. The van der Waals surface area contributed by atoms with E-state index in [4.69, 9.17) is 5.73 Å². The zero-order valence-electron chi connectivity index (χ0n) is 8.88. The third-order valence-corrected chi connectivity index (χ3v) is 1.93. The molecule has 14 heavy (non-hydrogen) atoms. The Labute approximate surface area is 84.6 Å². The van der Waals surface area contributed by atoms with Gasteiger partial charge < -0.3 is 16.0 Å². The molecule has 0 unspecified atom stereocenters. The summed E-state index contributed by atoms with van der Waals surface area (Å²) in [5, 5.41) is 2.80. The van der Waals surface area contributed by atoms with Gasteiger partial charge in [0.05, 0.1) is 6.54 Å². The summed E-state index contributed by atoms with van der Waals surface area (Å²) in [7, 11) is 0. The molecular weight excluding hydrogens is 182 g/mol. The highest BCUT2D eigenvalue weighted by molar-refractivity contribution is 5.77. The van der Waals surface area contributed by atoms with Crippen molar-refractivity contribution in [2.45, 2.75) is 20.3 Å². The molecule has 82 valence electrons. The van der Waals surface area contributed by atoms with Gasteiger partial charge in [-0.1, -0.05) is 0 Å². The van der Waals surface area contributed by atoms with Crippen LogP contribution in [0.15, 0.2) is 0 Å². The molecule has 0 saturated carbocycles. The van der Waals surface area contributed by atoms with Crippen molar-refractivity contribution in [2.75, 3.05) is 26.2 Å². The van der Waals surface area contributed by atoms with Gasteiger partial charge in [0, 0.05) is 26.1 Å². The van der Waals surface area contributed by atoms with Gasteiger partial charge in [0.25, 0.3) is 0 Å². The number of primary amides is 1. The van der Waals surface area contributed by atoms with Gasteiger partial charge in [-0.05, 0) is 13.8 Å². The number of hydrogen-bond donors (Lipinski definition) is 2. The minimum absolute atomic E-state index is 0.104. The van der Waals surface area contributed by atoms with Crippen LogP contribution in [0.25, 0.3) is 0 Å². The first-order chi connectivity index (χ1) is 6.61. The van der Waals surface area contributed by atoms with Crippen LogP contribution in [0, 0.1) is 0 Å². The van der Waals surface area contributed by atoms with E-state index in [1.807, 2.05) is 13.8 Å². The highest BCUT2D eigenvalue weighted by atomic mass is 16.2. The van der Waals surface area contributed by atoms with Crippen LogP contribution < -0.4 is 11.1 Å². The van der Waals surface area contributed by atoms with Gasteiger partial charge in [-0.2, -0.15) is 0 Å². The molecule has 3 N–H and O–H groups in total. The van der Waals surface area contributed by atoms with Crippen molar-refractivity contribution in [3.63, 3.8) is 0 Å². The normalized spacial score (nSPS) is 9.86. The van der Waals surface area contributed by atoms with Crippen molar-refractivity contribution in [3.05, 3.63) is 0 Å². The van der Waals surface area contributed by atoms with Gasteiger partial charge in [0.1, 0.15) is 0 Å². The predicted molar refractivity (Wildman–Crippen MR) is 54.6 cm³/mol. The van der Waals surface area contributed by atoms with Crippen LogP contribution in [0.5, 0.6) is 0 Å². The molecule has 0 heterocycles. The van der Waals surface area contributed by atoms with Gasteiger partial charge in [-0.15, -0.1) is 0 Å². The molecule has 0 atom stereocenters. The van der Waals surface area contributed by atoms with Crippen LogP contribution in [0.2, 0.25) is 0 Å². The fraction of sp³-hybridized carbons (Fsp3) is 0.778. The maximum atomic E-state index is 11.4. The van der Waals surface area contributed by atoms with Crippen LogP contribution >= 0.6 is 0 Å². The molecule has 0 saturated heterocycles. The average Bonchev–Trinajstić information content (AvgIpc) is 2.14. The lowest BCUT2D eigenvalue weighted by Crippen LogP contribution is -2.35. The van der Waals surface area contributed by atoms with E-state index < -0.39 is 5.91 Å². The third kappa shape index (κ3) is 5.53. The van der Waals surface area contributed by atoms with E-state index in [0.717, 1.165) is 13.1 Å². The molecule has 0 radical (unpaired) electrons. The molecule has 5 nitrogen and oxygen atoms in total. The monoisotopic (exact) mass is 201 g/mol. The largest absolute Gasteiger partial charge is 0.369 e. The number of nitrogens with two attached hydrogens (primary N) is 1. The molecule has 0 fully saturated rings. The quantitative estimate of drug-likeness (QED) is 0.536. The number of carbonyl (C=O) groups excluding carboxylic acids is 2. The van der Waals surface area contributed by atoms with Crippen molar-refractivity contribution >= 4 is 11.8 Å². The minimum atomic E-state index is -0.403. The molecule has 0 rings (SSSR count). The van der Waals surface area contributed by atoms with Crippen LogP contribution in [0.4, 0.5) is 0 Å². The summed E-state index contributed by atoms with van der Waals surface area (Å²) in [6.07, 6.45) is 0.412. The molecule has 0 bridgehead atoms. The molecular formula is C9H19N3O2. The van der Waals surface area contributed by atoms with E-state index in [1.54, 1.807) is 4.90 Å². The Balaban J connectivity index is 3.57. The summed E-state index contributed by atoms with van der Waals surface area (Å²) in [6.45, 7) is 5.97. The Hall–Kier alpha value is -1.10. The Bertz CT molecular complexity index is 190. The van der Waals surface area contributed by atoms with Crippen LogP contribution in [0.1, 0.15) is 20.3 Å². The topological polar surface area (TPSA) is 75.4 Å². The van der Waals surface area contributed by atoms with Crippen molar-refractivity contribution in [1.29, 1.82) is 0 Å². The van der Waals surface area contributed by atoms with Crippen molar-refractivity contribution in [2.24, 2.45) is 5.73 Å². The number of carbonyl (C=O) groups is 2.